The summed E-state index contributed by atoms with van der Waals surface area (Å²) in [6.45, 7) is 0. The standard InChI is InChI=1S/C21H12F10N2O2/c22-16-7-15(34-13-3-9(19(23,24)25)1-11(32)5-13)8-17(18(16)21(29,30)31)35-14-4-10(20(26,27)28)2-12(33)6-14/h1-8H,32-33H2. The first-order valence-electron chi connectivity index (χ1n) is 9.15. The maximum Gasteiger partial charge on any atom is 0.422 e. The van der Waals surface area contributed by atoms with Crippen molar-refractivity contribution in [3.8, 4) is 23.0 Å². The maximum atomic E-state index is 14.4. The normalized spacial score (nSPS) is 12.5. The van der Waals surface area contributed by atoms with Crippen molar-refractivity contribution >= 4 is 11.4 Å². The van der Waals surface area contributed by atoms with Gasteiger partial charge < -0.3 is 20.9 Å². The minimum atomic E-state index is -5.37. The van der Waals surface area contributed by atoms with Crippen molar-refractivity contribution in [1.29, 1.82) is 0 Å². The molecule has 0 aromatic heterocycles. The van der Waals surface area contributed by atoms with Crippen LogP contribution in [-0.4, -0.2) is 0 Å². The van der Waals surface area contributed by atoms with Crippen molar-refractivity contribution in [2.24, 2.45) is 0 Å². The lowest BCUT2D eigenvalue weighted by Gasteiger charge is -2.18. The van der Waals surface area contributed by atoms with Crippen molar-refractivity contribution in [1.82, 2.24) is 0 Å². The second kappa shape index (κ2) is 8.74. The van der Waals surface area contributed by atoms with E-state index in [2.05, 4.69) is 0 Å². The van der Waals surface area contributed by atoms with E-state index in [1.807, 2.05) is 0 Å². The molecule has 0 bridgehead atoms. The molecule has 14 heteroatoms. The van der Waals surface area contributed by atoms with Gasteiger partial charge in [0.2, 0.25) is 0 Å². The van der Waals surface area contributed by atoms with E-state index < -0.39 is 75.4 Å². The van der Waals surface area contributed by atoms with Crippen LogP contribution in [0.3, 0.4) is 0 Å². The van der Waals surface area contributed by atoms with E-state index in [4.69, 9.17) is 20.9 Å². The molecule has 0 aliphatic carbocycles. The number of hydrogen-bond acceptors (Lipinski definition) is 4. The third-order valence-corrected chi connectivity index (χ3v) is 4.29. The molecule has 3 aromatic carbocycles. The van der Waals surface area contributed by atoms with Gasteiger partial charge in [0.1, 0.15) is 34.4 Å². The maximum absolute atomic E-state index is 14.4. The molecule has 188 valence electrons. The average Bonchev–Trinajstić information content (AvgIpc) is 2.64. The summed E-state index contributed by atoms with van der Waals surface area (Å²) in [4.78, 5) is 0. The Morgan fingerprint density at radius 3 is 1.37 bits per heavy atom. The number of nitrogen functional groups attached to an aromatic ring is 2. The van der Waals surface area contributed by atoms with Gasteiger partial charge in [0.05, 0.1) is 11.1 Å². The number of rotatable bonds is 4. The number of halogens is 10. The molecule has 0 atom stereocenters. The summed E-state index contributed by atoms with van der Waals surface area (Å²) >= 11 is 0. The molecule has 35 heavy (non-hydrogen) atoms. The summed E-state index contributed by atoms with van der Waals surface area (Å²) in [5, 5.41) is 0. The molecule has 4 N–H and O–H groups in total. The number of benzene rings is 3. The number of nitrogens with two attached hydrogens (primary N) is 2. The predicted molar refractivity (Wildman–Crippen MR) is 103 cm³/mol. The summed E-state index contributed by atoms with van der Waals surface area (Å²) in [5.74, 6) is -5.48. The zero-order chi connectivity index (χ0) is 26.3. The molecule has 0 saturated heterocycles. The van der Waals surface area contributed by atoms with Crippen LogP contribution in [0.25, 0.3) is 0 Å². The Bertz CT molecular complexity index is 1250. The molecule has 0 saturated carbocycles. The molecule has 0 spiro atoms. The highest BCUT2D eigenvalue weighted by atomic mass is 19.4. The number of hydrogen-bond donors (Lipinski definition) is 2. The monoisotopic (exact) mass is 514 g/mol. The summed E-state index contributed by atoms with van der Waals surface area (Å²) < 4.78 is 143. The van der Waals surface area contributed by atoms with Crippen molar-refractivity contribution in [2.75, 3.05) is 11.5 Å². The van der Waals surface area contributed by atoms with Gasteiger partial charge in [0.15, 0.2) is 0 Å². The fraction of sp³-hybridized carbons (Fsp3) is 0.143. The molecular weight excluding hydrogens is 502 g/mol. The van der Waals surface area contributed by atoms with E-state index in [9.17, 15) is 43.9 Å². The lowest BCUT2D eigenvalue weighted by Crippen LogP contribution is -2.11. The minimum absolute atomic E-state index is 0.215. The molecule has 0 fully saturated rings. The van der Waals surface area contributed by atoms with Gasteiger partial charge in [-0.1, -0.05) is 0 Å². The lowest BCUT2D eigenvalue weighted by atomic mass is 10.1. The molecule has 0 unspecified atom stereocenters. The van der Waals surface area contributed by atoms with Crippen molar-refractivity contribution in [3.63, 3.8) is 0 Å². The molecule has 0 aliphatic rings. The highest BCUT2D eigenvalue weighted by molar-refractivity contribution is 5.53. The fourth-order valence-corrected chi connectivity index (χ4v) is 2.92. The first-order valence-corrected chi connectivity index (χ1v) is 9.15. The second-order valence-corrected chi connectivity index (χ2v) is 7.06. The molecule has 0 aliphatic heterocycles. The van der Waals surface area contributed by atoms with Crippen LogP contribution in [0, 0.1) is 5.82 Å². The van der Waals surface area contributed by atoms with E-state index in [-0.39, 0.29) is 6.07 Å². The Hall–Kier alpha value is -3.84. The number of ether oxygens (including phenoxy) is 2. The van der Waals surface area contributed by atoms with Crippen LogP contribution in [0.15, 0.2) is 48.5 Å². The number of alkyl halides is 9. The topological polar surface area (TPSA) is 70.5 Å². The van der Waals surface area contributed by atoms with Gasteiger partial charge in [-0.2, -0.15) is 39.5 Å². The molecule has 0 amide bonds. The van der Waals surface area contributed by atoms with Crippen molar-refractivity contribution < 1.29 is 53.4 Å². The van der Waals surface area contributed by atoms with Crippen LogP contribution in [0.5, 0.6) is 23.0 Å². The quantitative estimate of drug-likeness (QED) is 0.278. The zero-order valence-corrected chi connectivity index (χ0v) is 16.9. The zero-order valence-electron chi connectivity index (χ0n) is 16.9. The Morgan fingerprint density at radius 2 is 0.943 bits per heavy atom. The molecular formula is C21H12F10N2O2. The second-order valence-electron chi connectivity index (χ2n) is 7.06. The van der Waals surface area contributed by atoms with Gasteiger partial charge >= 0.3 is 18.5 Å². The largest absolute Gasteiger partial charge is 0.457 e. The molecule has 3 rings (SSSR count). The first kappa shape index (κ1) is 25.8. The third-order valence-electron chi connectivity index (χ3n) is 4.29. The van der Waals surface area contributed by atoms with Gasteiger partial charge in [-0.05, 0) is 24.3 Å². The Labute approximate surface area is 189 Å². The van der Waals surface area contributed by atoms with E-state index in [1.54, 1.807) is 0 Å². The van der Waals surface area contributed by atoms with Gasteiger partial charge in [0, 0.05) is 35.6 Å². The van der Waals surface area contributed by atoms with E-state index in [0.717, 1.165) is 12.1 Å². The molecule has 0 radical (unpaired) electrons. The first-order chi connectivity index (χ1) is 15.9. The summed E-state index contributed by atoms with van der Waals surface area (Å²) in [5.41, 5.74) is 5.20. The minimum Gasteiger partial charge on any atom is -0.457 e. The highest BCUT2D eigenvalue weighted by Gasteiger charge is 2.39. The van der Waals surface area contributed by atoms with Crippen LogP contribution in [0.4, 0.5) is 55.3 Å². The fourth-order valence-electron chi connectivity index (χ4n) is 2.92. The van der Waals surface area contributed by atoms with Gasteiger partial charge in [0.25, 0.3) is 0 Å². The highest BCUT2D eigenvalue weighted by Crippen LogP contribution is 2.44. The van der Waals surface area contributed by atoms with Crippen molar-refractivity contribution in [2.45, 2.75) is 18.5 Å². The van der Waals surface area contributed by atoms with E-state index in [1.165, 1.54) is 0 Å². The Morgan fingerprint density at radius 1 is 0.514 bits per heavy atom. The van der Waals surface area contributed by atoms with E-state index >= 15 is 0 Å². The summed E-state index contributed by atoms with van der Waals surface area (Å²) in [6, 6.07) is 4.15. The Balaban J connectivity index is 2.09. The SMILES string of the molecule is Nc1cc(Oc2cc(F)c(C(F)(F)F)c(Oc3cc(N)cc(C(F)(F)F)c3)c2)cc(C(F)(F)F)c1. The Kier molecular flexibility index (Phi) is 6.44. The van der Waals surface area contributed by atoms with Gasteiger partial charge in [-0.25, -0.2) is 4.39 Å². The third kappa shape index (κ3) is 6.19. The summed E-state index contributed by atoms with van der Waals surface area (Å²) in [6.07, 6.45) is -15.2. The van der Waals surface area contributed by atoms with Crippen LogP contribution in [-0.2, 0) is 18.5 Å². The smallest absolute Gasteiger partial charge is 0.422 e. The number of anilines is 2. The van der Waals surface area contributed by atoms with Crippen molar-refractivity contribution in [3.05, 3.63) is 71.0 Å². The predicted octanol–water partition coefficient (Wildman–Crippen LogP) is 7.63. The van der Waals surface area contributed by atoms with Crippen LogP contribution in [0.1, 0.15) is 16.7 Å². The molecule has 0 heterocycles. The van der Waals surface area contributed by atoms with Crippen LogP contribution in [0.2, 0.25) is 0 Å². The molecule has 4 nitrogen and oxygen atoms in total. The van der Waals surface area contributed by atoms with E-state index in [0.29, 0.717) is 30.3 Å². The summed E-state index contributed by atoms with van der Waals surface area (Å²) in [7, 11) is 0. The average molecular weight is 514 g/mol. The molecule has 3 aromatic rings. The van der Waals surface area contributed by atoms with Gasteiger partial charge in [-0.15, -0.1) is 0 Å². The van der Waals surface area contributed by atoms with Crippen LogP contribution >= 0.6 is 0 Å². The lowest BCUT2D eigenvalue weighted by molar-refractivity contribution is -0.141. The van der Waals surface area contributed by atoms with Gasteiger partial charge in [-0.3, -0.25) is 0 Å². The van der Waals surface area contributed by atoms with Crippen LogP contribution < -0.4 is 20.9 Å².